The lowest BCUT2D eigenvalue weighted by molar-refractivity contribution is -0.121. The number of carbonyl (C=O) groups excluding carboxylic acids is 4. The van der Waals surface area contributed by atoms with Crippen molar-refractivity contribution < 1.29 is 33.4 Å². The average Bonchev–Trinajstić information content (AvgIpc) is 2.97. The van der Waals surface area contributed by atoms with Gasteiger partial charge in [-0.15, -0.1) is 4.99 Å². The van der Waals surface area contributed by atoms with Crippen molar-refractivity contribution in [2.24, 2.45) is 4.99 Å². The lowest BCUT2D eigenvalue weighted by atomic mass is 9.86. The number of halogens is 1. The Bertz CT molecular complexity index is 1720. The van der Waals surface area contributed by atoms with Crippen molar-refractivity contribution in [1.29, 1.82) is 0 Å². The van der Waals surface area contributed by atoms with Crippen LogP contribution in [0.1, 0.15) is 95.8 Å². The van der Waals surface area contributed by atoms with Gasteiger partial charge in [-0.1, -0.05) is 62.7 Å². The summed E-state index contributed by atoms with van der Waals surface area (Å²) in [6.07, 6.45) is -1.10. The summed E-state index contributed by atoms with van der Waals surface area (Å²) >= 11 is 6.47. The molecule has 11 nitrogen and oxygen atoms in total. The summed E-state index contributed by atoms with van der Waals surface area (Å²) in [5, 5.41) is 8.56. The van der Waals surface area contributed by atoms with Gasteiger partial charge in [-0.3, -0.25) is 10.1 Å². The van der Waals surface area contributed by atoms with E-state index in [4.69, 9.17) is 25.8 Å². The van der Waals surface area contributed by atoms with Gasteiger partial charge in [0.15, 0.2) is 0 Å². The van der Waals surface area contributed by atoms with Crippen LogP contribution in [0.4, 0.5) is 15.3 Å². The van der Waals surface area contributed by atoms with Crippen LogP contribution in [0, 0.1) is 0 Å². The number of aryl methyl sites for hydroxylation is 1. The van der Waals surface area contributed by atoms with Gasteiger partial charge in [-0.05, 0) is 106 Å². The zero-order chi connectivity index (χ0) is 37.3. The molecule has 0 aliphatic rings. The molecule has 0 spiro atoms. The Kier molecular flexibility index (Phi) is 13.2. The molecule has 0 saturated heterocycles. The summed E-state index contributed by atoms with van der Waals surface area (Å²) in [5.41, 5.74) is 2.04. The van der Waals surface area contributed by atoms with E-state index >= 15 is 0 Å². The fourth-order valence-electron chi connectivity index (χ4n) is 4.34. The molecule has 0 bridgehead atoms. The average molecular weight is 707 g/mol. The van der Waals surface area contributed by atoms with E-state index < -0.39 is 29.4 Å². The van der Waals surface area contributed by atoms with Crippen molar-refractivity contribution in [3.05, 3.63) is 94.0 Å². The lowest BCUT2D eigenvalue weighted by Gasteiger charge is -2.21. The Morgan fingerprint density at radius 3 is 2.06 bits per heavy atom. The minimum atomic E-state index is -0.929. The Hall–Kier alpha value is -4.90. The number of hydrogen-bond acceptors (Lipinski definition) is 7. The molecule has 50 heavy (non-hydrogen) atoms. The van der Waals surface area contributed by atoms with Gasteiger partial charge in [-0.2, -0.15) is 0 Å². The summed E-state index contributed by atoms with van der Waals surface area (Å²) in [6, 6.07) is 19.1. The van der Waals surface area contributed by atoms with E-state index in [1.165, 1.54) is 23.8 Å². The number of hydrogen-bond donors (Lipinski definition) is 3. The van der Waals surface area contributed by atoms with Gasteiger partial charge in [0.2, 0.25) is 11.9 Å². The second-order valence-electron chi connectivity index (χ2n) is 14.6. The first-order valence-electron chi connectivity index (χ1n) is 16.2. The molecule has 3 aromatic carbocycles. The first kappa shape index (κ1) is 39.5. The van der Waals surface area contributed by atoms with Gasteiger partial charge >= 0.3 is 18.2 Å². The van der Waals surface area contributed by atoms with Gasteiger partial charge in [0.25, 0.3) is 0 Å². The number of anilines is 1. The van der Waals surface area contributed by atoms with Crippen LogP contribution < -0.4 is 20.7 Å². The SMILES string of the molecule is CC(C)(C)OC(=O)/N=C(/NC(=O)OC(C)(C)C)Nc1ccc(C(=O)Oc2ccc(CCC(=O)NCc3cccc(C(C)(C)C)c3)c(Cl)c2)cc1. The molecule has 0 fully saturated rings. The van der Waals surface area contributed by atoms with Gasteiger partial charge in [0, 0.05) is 23.7 Å². The number of nitrogens with zero attached hydrogens (tertiary/aromatic N) is 1. The molecular weight excluding hydrogens is 660 g/mol. The number of carbonyl (C=O) groups is 4. The summed E-state index contributed by atoms with van der Waals surface area (Å²) in [6.45, 7) is 17.0. The number of esters is 1. The van der Waals surface area contributed by atoms with E-state index in [-0.39, 0.29) is 35.0 Å². The van der Waals surface area contributed by atoms with Crippen molar-refractivity contribution in [3.63, 3.8) is 0 Å². The monoisotopic (exact) mass is 706 g/mol. The van der Waals surface area contributed by atoms with Crippen LogP contribution in [0.3, 0.4) is 0 Å². The van der Waals surface area contributed by atoms with Crippen molar-refractivity contribution in [3.8, 4) is 5.75 Å². The minimum Gasteiger partial charge on any atom is -0.444 e. The number of guanidine groups is 1. The van der Waals surface area contributed by atoms with Crippen LogP contribution in [0.2, 0.25) is 5.02 Å². The maximum atomic E-state index is 12.9. The summed E-state index contributed by atoms with van der Waals surface area (Å²) < 4.78 is 16.0. The molecule has 0 saturated carbocycles. The fraction of sp³-hybridized carbons (Fsp3) is 0.395. The first-order chi connectivity index (χ1) is 23.2. The van der Waals surface area contributed by atoms with Crippen LogP contribution in [0.15, 0.2) is 71.7 Å². The molecular formula is C38H47ClN4O7. The smallest absolute Gasteiger partial charge is 0.437 e. The second kappa shape index (κ2) is 16.7. The highest BCUT2D eigenvalue weighted by Gasteiger charge is 2.21. The lowest BCUT2D eigenvalue weighted by Crippen LogP contribution is -2.40. The zero-order valence-electron chi connectivity index (χ0n) is 30.2. The van der Waals surface area contributed by atoms with Crippen LogP contribution >= 0.6 is 11.6 Å². The van der Waals surface area contributed by atoms with E-state index in [1.807, 2.05) is 12.1 Å². The Morgan fingerprint density at radius 1 is 0.800 bits per heavy atom. The van der Waals surface area contributed by atoms with Gasteiger partial charge in [0.1, 0.15) is 17.0 Å². The Balaban J connectivity index is 1.58. The van der Waals surface area contributed by atoms with E-state index in [1.54, 1.807) is 65.8 Å². The van der Waals surface area contributed by atoms with Crippen molar-refractivity contribution in [1.82, 2.24) is 10.6 Å². The quantitative estimate of drug-likeness (QED) is 0.0918. The van der Waals surface area contributed by atoms with E-state index in [9.17, 15) is 19.2 Å². The predicted octanol–water partition coefficient (Wildman–Crippen LogP) is 8.33. The van der Waals surface area contributed by atoms with Crippen molar-refractivity contribution in [2.75, 3.05) is 5.32 Å². The fourth-order valence-corrected chi connectivity index (χ4v) is 4.60. The number of nitrogens with one attached hydrogen (secondary N) is 3. The molecule has 0 radical (unpaired) electrons. The van der Waals surface area contributed by atoms with Crippen LogP contribution in [0.25, 0.3) is 0 Å². The third-order valence-corrected chi connectivity index (χ3v) is 7.09. The maximum Gasteiger partial charge on any atom is 0.437 e. The first-order valence-corrected chi connectivity index (χ1v) is 16.6. The second-order valence-corrected chi connectivity index (χ2v) is 15.0. The number of alkyl carbamates (subject to hydrolysis) is 1. The molecule has 3 rings (SSSR count). The number of amides is 3. The van der Waals surface area contributed by atoms with E-state index in [2.05, 4.69) is 53.8 Å². The summed E-state index contributed by atoms with van der Waals surface area (Å²) in [4.78, 5) is 54.0. The number of aliphatic imine (C=N–C) groups is 1. The van der Waals surface area contributed by atoms with Gasteiger partial charge < -0.3 is 24.8 Å². The highest BCUT2D eigenvalue weighted by Crippen LogP contribution is 2.25. The predicted molar refractivity (Wildman–Crippen MR) is 195 cm³/mol. The number of benzene rings is 3. The molecule has 0 unspecified atom stereocenters. The third-order valence-electron chi connectivity index (χ3n) is 6.74. The van der Waals surface area contributed by atoms with E-state index in [0.29, 0.717) is 23.7 Å². The van der Waals surface area contributed by atoms with Crippen LogP contribution in [-0.4, -0.2) is 41.2 Å². The van der Waals surface area contributed by atoms with Crippen LogP contribution in [-0.2, 0) is 32.6 Å². The minimum absolute atomic E-state index is 0.0225. The van der Waals surface area contributed by atoms with Crippen LogP contribution in [0.5, 0.6) is 5.75 Å². The summed E-state index contributed by atoms with van der Waals surface area (Å²) in [5.74, 6) is -0.728. The molecule has 3 amide bonds. The molecule has 0 heterocycles. The van der Waals surface area contributed by atoms with Gasteiger partial charge in [0.05, 0.1) is 5.56 Å². The molecule has 0 atom stereocenters. The standard InChI is InChI=1S/C38H47ClN4O7/c1-36(2,3)27-12-10-11-24(21-27)23-40-31(44)20-16-25-15-19-29(22-30(25)39)48-32(45)26-13-17-28(18-14-26)41-33(42-34(46)49-37(4,5)6)43-35(47)50-38(7,8)9/h10-15,17-19,21-22H,16,20,23H2,1-9H3,(H,40,44)(H2,41,42,43,46,47). The van der Waals surface area contributed by atoms with Gasteiger partial charge in [-0.25, -0.2) is 14.4 Å². The highest BCUT2D eigenvalue weighted by molar-refractivity contribution is 6.31. The topological polar surface area (TPSA) is 144 Å². The molecule has 12 heteroatoms. The molecule has 3 aromatic rings. The Morgan fingerprint density at radius 2 is 1.46 bits per heavy atom. The molecule has 0 aliphatic carbocycles. The Labute approximate surface area is 299 Å². The maximum absolute atomic E-state index is 12.9. The van der Waals surface area contributed by atoms with Crippen molar-refractivity contribution in [2.45, 2.75) is 98.3 Å². The molecule has 0 aromatic heterocycles. The number of ether oxygens (including phenoxy) is 3. The number of rotatable bonds is 8. The van der Waals surface area contributed by atoms with E-state index in [0.717, 1.165) is 11.1 Å². The van der Waals surface area contributed by atoms with Crippen molar-refractivity contribution >= 4 is 47.3 Å². The molecule has 268 valence electrons. The highest BCUT2D eigenvalue weighted by atomic mass is 35.5. The molecule has 0 aliphatic heterocycles. The molecule has 3 N–H and O–H groups in total. The third kappa shape index (κ3) is 13.9. The zero-order valence-corrected chi connectivity index (χ0v) is 30.9. The normalized spacial score (nSPS) is 12.1. The largest absolute Gasteiger partial charge is 0.444 e. The summed E-state index contributed by atoms with van der Waals surface area (Å²) in [7, 11) is 0.